The Bertz CT molecular complexity index is 915. The van der Waals surface area contributed by atoms with Gasteiger partial charge in [-0.3, -0.25) is 4.79 Å². The van der Waals surface area contributed by atoms with Gasteiger partial charge < -0.3 is 10.2 Å². The molecule has 2 aromatic rings. The number of hydroxylamine groups is 1. The van der Waals surface area contributed by atoms with Crippen molar-refractivity contribution in [3.63, 3.8) is 0 Å². The van der Waals surface area contributed by atoms with Gasteiger partial charge in [0.2, 0.25) is 0 Å². The van der Waals surface area contributed by atoms with E-state index in [1.165, 1.54) is 0 Å². The van der Waals surface area contributed by atoms with Gasteiger partial charge in [-0.15, -0.1) is 0 Å². The van der Waals surface area contributed by atoms with Crippen molar-refractivity contribution in [3.05, 3.63) is 41.1 Å². The summed E-state index contributed by atoms with van der Waals surface area (Å²) < 4.78 is 41.5. The summed E-state index contributed by atoms with van der Waals surface area (Å²) in [5, 5.41) is 7.33. The van der Waals surface area contributed by atoms with Crippen LogP contribution in [0.1, 0.15) is 76.0 Å². The van der Waals surface area contributed by atoms with Gasteiger partial charge in [-0.2, -0.15) is 23.8 Å². The largest absolute Gasteiger partial charge is 0.416 e. The monoisotopic (exact) mass is 454 g/mol. The standard InChI is InChI=1S/C23H33F3N4O2/c1-7-8-11-30-20(13-17(28-30)14-22(4,5)6)27-21(31)18-12-16(23(24,25)26)9-10-19(18)32-29-15(2)3/h9-10,12-13,15,29H,7-8,11,14H2,1-6H3,(H,27,31). The van der Waals surface area contributed by atoms with Crippen LogP contribution in [0, 0.1) is 5.41 Å². The topological polar surface area (TPSA) is 68.2 Å². The average Bonchev–Trinajstić information content (AvgIpc) is 3.02. The van der Waals surface area contributed by atoms with Crippen molar-refractivity contribution in [2.75, 3.05) is 5.32 Å². The highest BCUT2D eigenvalue weighted by molar-refractivity contribution is 6.06. The van der Waals surface area contributed by atoms with Crippen LogP contribution in [0.4, 0.5) is 19.0 Å². The second kappa shape index (κ2) is 10.4. The molecule has 0 fully saturated rings. The molecular formula is C23H33F3N4O2. The van der Waals surface area contributed by atoms with E-state index >= 15 is 0 Å². The fourth-order valence-corrected chi connectivity index (χ4v) is 3.02. The summed E-state index contributed by atoms with van der Waals surface area (Å²) in [6.45, 7) is 12.5. The molecule has 32 heavy (non-hydrogen) atoms. The van der Waals surface area contributed by atoms with Crippen molar-refractivity contribution in [1.82, 2.24) is 15.3 Å². The van der Waals surface area contributed by atoms with Crippen molar-refractivity contribution in [1.29, 1.82) is 0 Å². The van der Waals surface area contributed by atoms with E-state index in [1.807, 2.05) is 20.8 Å². The molecule has 2 rings (SSSR count). The maximum atomic E-state index is 13.3. The van der Waals surface area contributed by atoms with Crippen LogP contribution in [-0.2, 0) is 19.1 Å². The first kappa shape index (κ1) is 25.7. The first-order valence-corrected chi connectivity index (χ1v) is 10.8. The molecule has 0 aliphatic heterocycles. The summed E-state index contributed by atoms with van der Waals surface area (Å²) in [7, 11) is 0. The number of carbonyl (C=O) groups excluding carboxylic acids is 1. The lowest BCUT2D eigenvalue weighted by molar-refractivity contribution is -0.137. The third kappa shape index (κ3) is 7.55. The predicted octanol–water partition coefficient (Wildman–Crippen LogP) is 5.83. The van der Waals surface area contributed by atoms with Crippen LogP contribution in [0.3, 0.4) is 0 Å². The molecule has 1 aromatic carbocycles. The Morgan fingerprint density at radius 3 is 2.44 bits per heavy atom. The van der Waals surface area contributed by atoms with Crippen molar-refractivity contribution in [3.8, 4) is 5.75 Å². The molecule has 1 heterocycles. The molecule has 0 aliphatic rings. The number of hydrogen-bond donors (Lipinski definition) is 2. The Morgan fingerprint density at radius 1 is 1.19 bits per heavy atom. The van der Waals surface area contributed by atoms with Crippen molar-refractivity contribution >= 4 is 11.7 Å². The van der Waals surface area contributed by atoms with E-state index in [0.29, 0.717) is 18.8 Å². The lowest BCUT2D eigenvalue weighted by Gasteiger charge is -2.16. The summed E-state index contributed by atoms with van der Waals surface area (Å²) in [4.78, 5) is 18.4. The van der Waals surface area contributed by atoms with Gasteiger partial charge in [0.15, 0.2) is 5.75 Å². The van der Waals surface area contributed by atoms with Gasteiger partial charge in [0.05, 0.1) is 16.8 Å². The predicted molar refractivity (Wildman–Crippen MR) is 119 cm³/mol. The Labute approximate surface area is 187 Å². The van der Waals surface area contributed by atoms with Gasteiger partial charge in [0.25, 0.3) is 5.91 Å². The summed E-state index contributed by atoms with van der Waals surface area (Å²) in [5.41, 5.74) is 2.34. The lowest BCUT2D eigenvalue weighted by Crippen LogP contribution is -2.28. The van der Waals surface area contributed by atoms with Gasteiger partial charge in [-0.25, -0.2) is 4.68 Å². The molecule has 0 spiro atoms. The summed E-state index contributed by atoms with van der Waals surface area (Å²) in [6, 6.07) is 4.52. The number of unbranched alkanes of at least 4 members (excludes halogenated alkanes) is 1. The van der Waals surface area contributed by atoms with Gasteiger partial charge >= 0.3 is 6.18 Å². The zero-order chi connectivity index (χ0) is 24.1. The van der Waals surface area contributed by atoms with Crippen molar-refractivity contribution in [2.24, 2.45) is 5.41 Å². The van der Waals surface area contributed by atoms with Crippen molar-refractivity contribution < 1.29 is 22.8 Å². The zero-order valence-corrected chi connectivity index (χ0v) is 19.6. The van der Waals surface area contributed by atoms with E-state index in [4.69, 9.17) is 4.84 Å². The highest BCUT2D eigenvalue weighted by Gasteiger charge is 2.32. The maximum absolute atomic E-state index is 13.3. The molecule has 1 amide bonds. The number of nitrogens with one attached hydrogen (secondary N) is 2. The van der Waals surface area contributed by atoms with E-state index in [2.05, 4.69) is 36.7 Å². The average molecular weight is 455 g/mol. The molecular weight excluding hydrogens is 421 g/mol. The minimum atomic E-state index is -4.58. The normalized spacial score (nSPS) is 12.3. The molecule has 178 valence electrons. The van der Waals surface area contributed by atoms with Crippen LogP contribution in [0.2, 0.25) is 0 Å². The summed E-state index contributed by atoms with van der Waals surface area (Å²) in [5.74, 6) is -0.238. The third-order valence-electron chi connectivity index (χ3n) is 4.46. The number of anilines is 1. The van der Waals surface area contributed by atoms with Crippen LogP contribution in [-0.4, -0.2) is 21.7 Å². The van der Waals surface area contributed by atoms with Crippen LogP contribution in [0.25, 0.3) is 0 Å². The number of halogens is 3. The number of aromatic nitrogens is 2. The highest BCUT2D eigenvalue weighted by atomic mass is 19.4. The highest BCUT2D eigenvalue weighted by Crippen LogP contribution is 2.33. The molecule has 0 unspecified atom stereocenters. The number of amides is 1. The molecule has 0 atom stereocenters. The molecule has 0 saturated heterocycles. The molecule has 1 aromatic heterocycles. The SMILES string of the molecule is CCCCn1nc(CC(C)(C)C)cc1NC(=O)c1cc(C(F)(F)F)ccc1ONC(C)C. The second-order valence-corrected chi connectivity index (χ2v) is 9.37. The fourth-order valence-electron chi connectivity index (χ4n) is 3.02. The third-order valence-corrected chi connectivity index (χ3v) is 4.46. The Kier molecular flexibility index (Phi) is 8.34. The molecule has 0 saturated carbocycles. The summed E-state index contributed by atoms with van der Waals surface area (Å²) in [6.07, 6.45) is -2.09. The Morgan fingerprint density at radius 2 is 1.88 bits per heavy atom. The Hall–Kier alpha value is -2.55. The quantitative estimate of drug-likeness (QED) is 0.468. The van der Waals surface area contributed by atoms with Gasteiger partial charge in [-0.05, 0) is 50.3 Å². The smallest absolute Gasteiger partial charge is 0.408 e. The Balaban J connectivity index is 2.39. The molecule has 6 nitrogen and oxygen atoms in total. The van der Waals surface area contributed by atoms with E-state index in [1.54, 1.807) is 10.7 Å². The zero-order valence-electron chi connectivity index (χ0n) is 19.6. The second-order valence-electron chi connectivity index (χ2n) is 9.37. The van der Waals surface area contributed by atoms with E-state index in [0.717, 1.165) is 36.7 Å². The number of rotatable bonds is 9. The van der Waals surface area contributed by atoms with E-state index in [-0.39, 0.29) is 22.8 Å². The van der Waals surface area contributed by atoms with Crippen LogP contribution < -0.4 is 15.6 Å². The van der Waals surface area contributed by atoms with Gasteiger partial charge in [-0.1, -0.05) is 34.1 Å². The van der Waals surface area contributed by atoms with Gasteiger partial charge in [0.1, 0.15) is 5.82 Å². The maximum Gasteiger partial charge on any atom is 0.416 e. The van der Waals surface area contributed by atoms with Gasteiger partial charge in [0, 0.05) is 18.7 Å². The summed E-state index contributed by atoms with van der Waals surface area (Å²) >= 11 is 0. The first-order chi connectivity index (χ1) is 14.8. The molecule has 0 radical (unpaired) electrons. The van der Waals surface area contributed by atoms with Crippen LogP contribution in [0.5, 0.6) is 5.75 Å². The number of aryl methyl sites for hydroxylation is 1. The molecule has 2 N–H and O–H groups in total. The number of nitrogens with zero attached hydrogens (tertiary/aromatic N) is 2. The fraction of sp³-hybridized carbons (Fsp3) is 0.565. The molecule has 0 aliphatic carbocycles. The number of carbonyl (C=O) groups is 1. The molecule has 0 bridgehead atoms. The van der Waals surface area contributed by atoms with Crippen LogP contribution in [0.15, 0.2) is 24.3 Å². The lowest BCUT2D eigenvalue weighted by atomic mass is 9.91. The van der Waals surface area contributed by atoms with Crippen molar-refractivity contribution in [2.45, 2.75) is 79.6 Å². The molecule has 9 heteroatoms. The minimum Gasteiger partial charge on any atom is -0.408 e. The first-order valence-electron chi connectivity index (χ1n) is 10.8. The number of alkyl halides is 3. The van der Waals surface area contributed by atoms with E-state index in [9.17, 15) is 18.0 Å². The van der Waals surface area contributed by atoms with E-state index < -0.39 is 17.6 Å². The van der Waals surface area contributed by atoms with Crippen LogP contribution >= 0.6 is 0 Å². The number of benzene rings is 1. The number of hydrogen-bond acceptors (Lipinski definition) is 4. The minimum absolute atomic E-state index is 0.00418.